The maximum absolute atomic E-state index is 12.4. The first-order chi connectivity index (χ1) is 16.9. The Morgan fingerprint density at radius 2 is 1.49 bits per heavy atom. The van der Waals surface area contributed by atoms with Crippen molar-refractivity contribution in [2.24, 2.45) is 5.92 Å². The summed E-state index contributed by atoms with van der Waals surface area (Å²) in [4.78, 5) is 35.6. The zero-order valence-corrected chi connectivity index (χ0v) is 19.5. The van der Waals surface area contributed by atoms with Gasteiger partial charge in [-0.3, -0.25) is 4.79 Å². The second-order valence-corrected chi connectivity index (χ2v) is 8.66. The molecular weight excluding hydrogens is 444 g/mol. The second kappa shape index (κ2) is 10.9. The van der Waals surface area contributed by atoms with Gasteiger partial charge in [-0.2, -0.15) is 0 Å². The number of nitrogens with one attached hydrogen (secondary N) is 2. The summed E-state index contributed by atoms with van der Waals surface area (Å²) in [6.45, 7) is 2.67. The normalized spacial score (nSPS) is 12.8. The minimum atomic E-state index is -0.988. The van der Waals surface area contributed by atoms with Crippen molar-refractivity contribution in [1.29, 1.82) is 0 Å². The molecule has 35 heavy (non-hydrogen) atoms. The average molecular weight is 473 g/mol. The number of alkyl carbamates (subject to hydrolysis) is 1. The highest BCUT2D eigenvalue weighted by molar-refractivity contribution is 5.87. The van der Waals surface area contributed by atoms with E-state index in [-0.39, 0.29) is 29.9 Å². The molecule has 0 radical (unpaired) electrons. The number of hydrogen-bond acceptors (Lipinski definition) is 4. The lowest BCUT2D eigenvalue weighted by Crippen LogP contribution is -2.33. The molecule has 0 aliphatic heterocycles. The maximum atomic E-state index is 12.4. The van der Waals surface area contributed by atoms with Gasteiger partial charge in [0.15, 0.2) is 0 Å². The lowest BCUT2D eigenvalue weighted by atomic mass is 9.98. The van der Waals surface area contributed by atoms with Gasteiger partial charge >= 0.3 is 12.1 Å². The van der Waals surface area contributed by atoms with Crippen LogP contribution in [0.3, 0.4) is 0 Å². The predicted molar refractivity (Wildman–Crippen MR) is 132 cm³/mol. The number of fused-ring (bicyclic) bond motifs is 3. The van der Waals surface area contributed by atoms with Gasteiger partial charge in [0.1, 0.15) is 6.61 Å². The molecule has 3 N–H and O–H groups in total. The number of ether oxygens (including phenoxy) is 1. The molecule has 4 rings (SSSR count). The average Bonchev–Trinajstić information content (AvgIpc) is 3.20. The molecule has 3 aromatic rings. The van der Waals surface area contributed by atoms with E-state index in [9.17, 15) is 14.4 Å². The first kappa shape index (κ1) is 24.0. The van der Waals surface area contributed by atoms with Crippen LogP contribution >= 0.6 is 0 Å². The molecule has 0 saturated carbocycles. The second-order valence-electron chi connectivity index (χ2n) is 8.66. The Kier molecular flexibility index (Phi) is 7.45. The molecule has 0 spiro atoms. The molecule has 2 amide bonds. The van der Waals surface area contributed by atoms with E-state index in [0.29, 0.717) is 19.5 Å². The van der Waals surface area contributed by atoms with Crippen LogP contribution in [0, 0.1) is 5.92 Å². The first-order valence-corrected chi connectivity index (χ1v) is 11.6. The third-order valence-electron chi connectivity index (χ3n) is 6.31. The number of aromatic carboxylic acids is 1. The van der Waals surface area contributed by atoms with Gasteiger partial charge in [-0.05, 0) is 46.4 Å². The number of carboxylic acid groups (broad SMARTS) is 1. The molecule has 0 fully saturated rings. The third-order valence-corrected chi connectivity index (χ3v) is 6.31. The van der Waals surface area contributed by atoms with Crippen LogP contribution in [-0.4, -0.2) is 36.2 Å². The fourth-order valence-corrected chi connectivity index (χ4v) is 4.30. The van der Waals surface area contributed by atoms with Crippen molar-refractivity contribution in [3.8, 4) is 11.1 Å². The lowest BCUT2D eigenvalue weighted by Gasteiger charge is -2.15. The van der Waals surface area contributed by atoms with Gasteiger partial charge in [0.05, 0.1) is 5.56 Å². The summed E-state index contributed by atoms with van der Waals surface area (Å²) in [5, 5.41) is 14.5. The Hall–Kier alpha value is -4.13. The van der Waals surface area contributed by atoms with Crippen LogP contribution in [0.1, 0.15) is 46.3 Å². The van der Waals surface area contributed by atoms with E-state index in [4.69, 9.17) is 9.84 Å². The van der Waals surface area contributed by atoms with E-state index < -0.39 is 12.1 Å². The van der Waals surface area contributed by atoms with Gasteiger partial charge in [0.25, 0.3) is 0 Å². The quantitative estimate of drug-likeness (QED) is 0.423. The van der Waals surface area contributed by atoms with Gasteiger partial charge in [-0.1, -0.05) is 67.6 Å². The van der Waals surface area contributed by atoms with Crippen LogP contribution in [0.25, 0.3) is 11.1 Å². The van der Waals surface area contributed by atoms with Gasteiger partial charge in [-0.15, -0.1) is 0 Å². The molecule has 7 heteroatoms. The molecule has 180 valence electrons. The highest BCUT2D eigenvalue weighted by Crippen LogP contribution is 2.44. The molecule has 0 bridgehead atoms. The highest BCUT2D eigenvalue weighted by atomic mass is 16.5. The standard InChI is InChI=1S/C28H28N2O5/c1-18(26(31)30-16-19-10-12-20(13-11-19)27(32)33)14-15-29-28(34)35-17-25-23-8-4-2-6-21(23)22-7-3-5-9-24(22)25/h2-13,18,25H,14-17H2,1H3,(H,29,34)(H,30,31)(H,32,33). The van der Waals surface area contributed by atoms with E-state index in [1.807, 2.05) is 24.3 Å². The molecule has 1 aliphatic rings. The molecule has 1 aliphatic carbocycles. The number of carboxylic acids is 1. The molecule has 1 unspecified atom stereocenters. The van der Waals surface area contributed by atoms with E-state index in [1.54, 1.807) is 19.1 Å². The van der Waals surface area contributed by atoms with Crippen LogP contribution in [-0.2, 0) is 16.1 Å². The molecule has 0 saturated heterocycles. The first-order valence-electron chi connectivity index (χ1n) is 11.6. The van der Waals surface area contributed by atoms with Crippen LogP contribution in [0.2, 0.25) is 0 Å². The van der Waals surface area contributed by atoms with Crippen molar-refractivity contribution in [3.05, 3.63) is 95.1 Å². The summed E-state index contributed by atoms with van der Waals surface area (Å²) in [5.41, 5.74) is 5.68. The predicted octanol–water partition coefficient (Wildman–Crippen LogP) is 4.57. The Morgan fingerprint density at radius 3 is 2.09 bits per heavy atom. The van der Waals surface area contributed by atoms with E-state index in [2.05, 4.69) is 34.9 Å². The Morgan fingerprint density at radius 1 is 0.886 bits per heavy atom. The molecule has 0 aromatic heterocycles. The summed E-state index contributed by atoms with van der Waals surface area (Å²) < 4.78 is 5.52. The van der Waals surface area contributed by atoms with Crippen LogP contribution in [0.5, 0.6) is 0 Å². The number of benzene rings is 3. The molecule has 3 aromatic carbocycles. The Bertz CT molecular complexity index is 1180. The van der Waals surface area contributed by atoms with Crippen LogP contribution < -0.4 is 10.6 Å². The number of carbonyl (C=O) groups excluding carboxylic acids is 2. The summed E-state index contributed by atoms with van der Waals surface area (Å²) in [6, 6.07) is 22.7. The van der Waals surface area contributed by atoms with Gasteiger partial charge < -0.3 is 20.5 Å². The van der Waals surface area contributed by atoms with E-state index >= 15 is 0 Å². The van der Waals surface area contributed by atoms with Crippen LogP contribution in [0.4, 0.5) is 4.79 Å². The van der Waals surface area contributed by atoms with Crippen molar-refractivity contribution < 1.29 is 24.2 Å². The van der Waals surface area contributed by atoms with Crippen molar-refractivity contribution in [1.82, 2.24) is 10.6 Å². The smallest absolute Gasteiger partial charge is 0.407 e. The molecular formula is C28H28N2O5. The molecule has 1 atom stereocenters. The SMILES string of the molecule is CC(CCNC(=O)OCC1c2ccccc2-c2ccccc21)C(=O)NCc1ccc(C(=O)O)cc1. The zero-order chi connectivity index (χ0) is 24.8. The van der Waals surface area contributed by atoms with Crippen molar-refractivity contribution >= 4 is 18.0 Å². The van der Waals surface area contributed by atoms with E-state index in [0.717, 1.165) is 16.7 Å². The lowest BCUT2D eigenvalue weighted by molar-refractivity contribution is -0.124. The number of carbonyl (C=O) groups is 3. The zero-order valence-electron chi connectivity index (χ0n) is 19.5. The van der Waals surface area contributed by atoms with Gasteiger partial charge in [0, 0.05) is 24.9 Å². The highest BCUT2D eigenvalue weighted by Gasteiger charge is 2.29. The topological polar surface area (TPSA) is 105 Å². The minimum absolute atomic E-state index is 0.00224. The summed E-state index contributed by atoms with van der Waals surface area (Å²) in [7, 11) is 0. The third kappa shape index (κ3) is 5.69. The van der Waals surface area contributed by atoms with E-state index in [1.165, 1.54) is 23.3 Å². The van der Waals surface area contributed by atoms with Crippen molar-refractivity contribution in [2.45, 2.75) is 25.8 Å². The number of hydrogen-bond donors (Lipinski definition) is 3. The Balaban J connectivity index is 1.19. The molecule has 0 heterocycles. The number of amides is 2. The fraction of sp³-hybridized carbons (Fsp3) is 0.250. The maximum Gasteiger partial charge on any atom is 0.407 e. The summed E-state index contributed by atoms with van der Waals surface area (Å²) in [6.07, 6.45) is -0.0356. The van der Waals surface area contributed by atoms with Crippen molar-refractivity contribution in [3.63, 3.8) is 0 Å². The molecule has 7 nitrogen and oxygen atoms in total. The van der Waals surface area contributed by atoms with Crippen molar-refractivity contribution in [2.75, 3.05) is 13.2 Å². The minimum Gasteiger partial charge on any atom is -0.478 e. The van der Waals surface area contributed by atoms with Crippen LogP contribution in [0.15, 0.2) is 72.8 Å². The van der Waals surface area contributed by atoms with Gasteiger partial charge in [-0.25, -0.2) is 9.59 Å². The van der Waals surface area contributed by atoms with Gasteiger partial charge in [0.2, 0.25) is 5.91 Å². The summed E-state index contributed by atoms with van der Waals surface area (Å²) >= 11 is 0. The fourth-order valence-electron chi connectivity index (χ4n) is 4.30. The number of rotatable bonds is 9. The summed E-state index contributed by atoms with van der Waals surface area (Å²) in [5.74, 6) is -1.43. The Labute approximate surface area is 204 Å². The monoisotopic (exact) mass is 472 g/mol. The largest absolute Gasteiger partial charge is 0.478 e.